The summed E-state index contributed by atoms with van der Waals surface area (Å²) in [4.78, 5) is 0.720. The number of rotatable bonds is 14. The molecule has 1 aliphatic carbocycles. The van der Waals surface area contributed by atoms with E-state index in [0.29, 0.717) is 22.6 Å². The summed E-state index contributed by atoms with van der Waals surface area (Å²) in [5, 5.41) is 0. The second-order valence-corrected chi connectivity index (χ2v) is 18.9. The van der Waals surface area contributed by atoms with Crippen molar-refractivity contribution in [1.29, 1.82) is 0 Å². The van der Waals surface area contributed by atoms with Gasteiger partial charge < -0.3 is 0 Å². The summed E-state index contributed by atoms with van der Waals surface area (Å²) in [6, 6.07) is 7.08. The lowest BCUT2D eigenvalue weighted by molar-refractivity contribution is 0.226. The van der Waals surface area contributed by atoms with Gasteiger partial charge in [0.25, 0.3) is 0 Å². The average Bonchev–Trinajstić information content (AvgIpc) is 2.98. The zero-order valence-corrected chi connectivity index (χ0v) is 32.8. The average molecular weight is 687 g/mol. The molecule has 8 heteroatoms. The number of hydrogen-bond donors (Lipinski definition) is 1. The van der Waals surface area contributed by atoms with E-state index in [1.165, 1.54) is 0 Å². The predicted octanol–water partition coefficient (Wildman–Crippen LogP) is 9.89. The van der Waals surface area contributed by atoms with Gasteiger partial charge in [-0.1, -0.05) is 126 Å². The standard InChI is InChI=1S/C39H62N2O4S2/c1-14-19-41(47(44,45)39-34(28(10)11)22-31(25(4)5)23-35(39)29(12)13)37-18-16-15-17-36(37)40-46(42,43)38-32(26(6)7)20-30(24(2)3)21-33(38)27(8)9/h14,20-29,36-37,40H,1,15-19H2,2-13H3/t36-,37+/m0/s1. The Balaban J connectivity index is 2.22. The van der Waals surface area contributed by atoms with Gasteiger partial charge in [-0.05, 0) is 81.7 Å². The summed E-state index contributed by atoms with van der Waals surface area (Å²) in [6.45, 7) is 28.9. The van der Waals surface area contributed by atoms with Gasteiger partial charge in [0.1, 0.15) is 0 Å². The minimum Gasteiger partial charge on any atom is -0.207 e. The summed E-state index contributed by atoms with van der Waals surface area (Å²) >= 11 is 0. The molecule has 2 aromatic rings. The Bertz CT molecular complexity index is 1560. The van der Waals surface area contributed by atoms with Crippen LogP contribution in [0.25, 0.3) is 0 Å². The molecule has 0 aromatic heterocycles. The summed E-state index contributed by atoms with van der Waals surface area (Å²) in [6.07, 6.45) is 4.40. The first-order chi connectivity index (χ1) is 21.8. The molecule has 0 bridgehead atoms. The van der Waals surface area contributed by atoms with Crippen molar-refractivity contribution in [3.63, 3.8) is 0 Å². The molecule has 0 amide bonds. The molecule has 3 rings (SSSR count). The van der Waals surface area contributed by atoms with E-state index in [1.54, 1.807) is 10.4 Å². The van der Waals surface area contributed by atoms with Gasteiger partial charge >= 0.3 is 0 Å². The molecule has 0 spiro atoms. The predicted molar refractivity (Wildman–Crippen MR) is 198 cm³/mol. The lowest BCUT2D eigenvalue weighted by Crippen LogP contribution is -2.55. The third-order valence-electron chi connectivity index (χ3n) is 9.71. The van der Waals surface area contributed by atoms with Crippen LogP contribution in [0.3, 0.4) is 0 Å². The zero-order valence-electron chi connectivity index (χ0n) is 31.1. The maximum absolute atomic E-state index is 15.0. The fourth-order valence-electron chi connectivity index (χ4n) is 6.90. The fourth-order valence-corrected chi connectivity index (χ4v) is 11.2. The van der Waals surface area contributed by atoms with Crippen LogP contribution in [0.1, 0.15) is 178 Å². The fraction of sp³-hybridized carbons (Fsp3) is 0.641. The molecule has 2 atom stereocenters. The minimum atomic E-state index is -4.04. The van der Waals surface area contributed by atoms with Crippen molar-refractivity contribution < 1.29 is 16.8 Å². The Labute approximate surface area is 287 Å². The number of nitrogens with one attached hydrogen (secondary N) is 1. The quantitative estimate of drug-likeness (QED) is 0.201. The van der Waals surface area contributed by atoms with Crippen molar-refractivity contribution in [1.82, 2.24) is 9.03 Å². The van der Waals surface area contributed by atoms with Crippen LogP contribution in [0, 0.1) is 0 Å². The Kier molecular flexibility index (Phi) is 13.2. The monoisotopic (exact) mass is 686 g/mol. The first-order valence-corrected chi connectivity index (χ1v) is 20.7. The van der Waals surface area contributed by atoms with Crippen LogP contribution in [0.5, 0.6) is 0 Å². The third-order valence-corrected chi connectivity index (χ3v) is 13.4. The maximum Gasteiger partial charge on any atom is 0.244 e. The number of nitrogens with zero attached hydrogens (tertiary/aromatic N) is 1. The van der Waals surface area contributed by atoms with Crippen molar-refractivity contribution in [2.24, 2.45) is 0 Å². The largest absolute Gasteiger partial charge is 0.244 e. The molecule has 2 aromatic carbocycles. The summed E-state index contributed by atoms with van der Waals surface area (Å²) in [5.41, 5.74) is 5.50. The van der Waals surface area contributed by atoms with E-state index in [0.717, 1.165) is 46.2 Å². The highest BCUT2D eigenvalue weighted by Gasteiger charge is 2.42. The lowest BCUT2D eigenvalue weighted by atomic mass is 9.89. The second-order valence-electron chi connectivity index (χ2n) is 15.4. The van der Waals surface area contributed by atoms with E-state index in [2.05, 4.69) is 51.1 Å². The molecule has 1 N–H and O–H groups in total. The second kappa shape index (κ2) is 15.7. The van der Waals surface area contributed by atoms with Crippen LogP contribution in [-0.2, 0) is 20.0 Å². The molecule has 0 radical (unpaired) electrons. The van der Waals surface area contributed by atoms with E-state index < -0.39 is 32.1 Å². The van der Waals surface area contributed by atoms with Gasteiger partial charge in [-0.2, -0.15) is 4.31 Å². The molecule has 0 aliphatic heterocycles. The molecule has 47 heavy (non-hydrogen) atoms. The molecule has 1 saturated carbocycles. The van der Waals surface area contributed by atoms with E-state index in [-0.39, 0.29) is 42.1 Å². The van der Waals surface area contributed by atoms with Crippen LogP contribution in [0.15, 0.2) is 46.7 Å². The molecule has 1 aliphatic rings. The van der Waals surface area contributed by atoms with E-state index in [4.69, 9.17) is 0 Å². The highest BCUT2D eigenvalue weighted by Crippen LogP contribution is 2.40. The van der Waals surface area contributed by atoms with Gasteiger partial charge in [-0.3, -0.25) is 0 Å². The summed E-state index contributed by atoms with van der Waals surface area (Å²) < 4.78 is 63.8. The molecular weight excluding hydrogens is 625 g/mol. The lowest BCUT2D eigenvalue weighted by Gasteiger charge is -2.40. The third kappa shape index (κ3) is 8.60. The van der Waals surface area contributed by atoms with E-state index >= 15 is 8.42 Å². The molecule has 6 nitrogen and oxygen atoms in total. The Morgan fingerprint density at radius 1 is 0.660 bits per heavy atom. The molecule has 0 unspecified atom stereocenters. The molecule has 1 fully saturated rings. The van der Waals surface area contributed by atoms with E-state index in [1.807, 2.05) is 67.5 Å². The zero-order chi connectivity index (χ0) is 35.6. The maximum atomic E-state index is 15.0. The Hall–Kier alpha value is -2.00. The van der Waals surface area contributed by atoms with Crippen molar-refractivity contribution in [3.8, 4) is 0 Å². The van der Waals surface area contributed by atoms with Gasteiger partial charge in [0.05, 0.1) is 9.79 Å². The van der Waals surface area contributed by atoms with Crippen molar-refractivity contribution in [2.45, 2.75) is 166 Å². The SMILES string of the molecule is C=CCN([C@@H]1CCCC[C@@H]1NS(=O)(=O)c1c(C(C)C)cc(C(C)C)cc1C(C)C)S(=O)(=O)c1c(C(C)C)cc(C(C)C)cc1C(C)C. The topological polar surface area (TPSA) is 83.6 Å². The minimum absolute atomic E-state index is 0.00436. The van der Waals surface area contributed by atoms with Crippen LogP contribution < -0.4 is 4.72 Å². The van der Waals surface area contributed by atoms with Gasteiger partial charge in [-0.15, -0.1) is 6.58 Å². The van der Waals surface area contributed by atoms with Gasteiger partial charge in [0, 0.05) is 18.6 Å². The molecule has 0 heterocycles. The number of hydrogen-bond acceptors (Lipinski definition) is 4. The molecule has 0 saturated heterocycles. The first kappa shape index (κ1) is 39.4. The normalized spacial score (nSPS) is 18.1. The Morgan fingerprint density at radius 2 is 1.04 bits per heavy atom. The molecular formula is C39H62N2O4S2. The van der Waals surface area contributed by atoms with Crippen LogP contribution in [0.2, 0.25) is 0 Å². The van der Waals surface area contributed by atoms with Crippen LogP contribution in [0.4, 0.5) is 0 Å². The first-order valence-electron chi connectivity index (χ1n) is 17.8. The number of sulfonamides is 2. The number of benzene rings is 2. The summed E-state index contributed by atoms with van der Waals surface area (Å²) in [7, 11) is -8.04. The Morgan fingerprint density at radius 3 is 1.40 bits per heavy atom. The van der Waals surface area contributed by atoms with Gasteiger partial charge in [-0.25, -0.2) is 21.6 Å². The van der Waals surface area contributed by atoms with Crippen LogP contribution >= 0.6 is 0 Å². The van der Waals surface area contributed by atoms with Gasteiger partial charge in [0.2, 0.25) is 20.0 Å². The highest BCUT2D eigenvalue weighted by atomic mass is 32.2. The van der Waals surface area contributed by atoms with Gasteiger partial charge in [0.15, 0.2) is 0 Å². The van der Waals surface area contributed by atoms with Crippen molar-refractivity contribution in [3.05, 3.63) is 70.3 Å². The molecule has 264 valence electrons. The highest BCUT2D eigenvalue weighted by molar-refractivity contribution is 7.90. The summed E-state index contributed by atoms with van der Waals surface area (Å²) in [5.74, 6) is 0.478. The van der Waals surface area contributed by atoms with Crippen molar-refractivity contribution >= 4 is 20.0 Å². The van der Waals surface area contributed by atoms with Crippen LogP contribution in [-0.4, -0.2) is 39.8 Å². The van der Waals surface area contributed by atoms with E-state index in [9.17, 15) is 8.42 Å². The van der Waals surface area contributed by atoms with Crippen molar-refractivity contribution in [2.75, 3.05) is 6.54 Å². The smallest absolute Gasteiger partial charge is 0.207 e.